The van der Waals surface area contributed by atoms with Crippen LogP contribution in [0.15, 0.2) is 48.5 Å². The first-order valence-corrected chi connectivity index (χ1v) is 5.36. The topological polar surface area (TPSA) is 12.0 Å². The average Bonchev–Trinajstić information content (AvgIpc) is 2.29. The highest BCUT2D eigenvalue weighted by Crippen LogP contribution is 2.16. The van der Waals surface area contributed by atoms with Gasteiger partial charge >= 0.3 is 0 Å². The van der Waals surface area contributed by atoms with Gasteiger partial charge in [0.2, 0.25) is 0 Å². The third-order valence-corrected chi connectivity index (χ3v) is 2.51. The lowest BCUT2D eigenvalue weighted by Gasteiger charge is -2.07. The SMILES string of the molecule is Fc1cc(Cl)ccc1CNc1ccccc1. The van der Waals surface area contributed by atoms with Gasteiger partial charge in [-0.05, 0) is 24.3 Å². The molecule has 0 bridgehead atoms. The number of hydrogen-bond donors (Lipinski definition) is 1. The lowest BCUT2D eigenvalue weighted by Crippen LogP contribution is -2.01. The number of halogens is 2. The van der Waals surface area contributed by atoms with E-state index in [9.17, 15) is 4.39 Å². The summed E-state index contributed by atoms with van der Waals surface area (Å²) in [5, 5.41) is 3.56. The average molecular weight is 236 g/mol. The van der Waals surface area contributed by atoms with Gasteiger partial charge in [0, 0.05) is 22.8 Å². The van der Waals surface area contributed by atoms with Crippen LogP contribution in [0, 0.1) is 5.82 Å². The highest BCUT2D eigenvalue weighted by atomic mass is 35.5. The summed E-state index contributed by atoms with van der Waals surface area (Å²) in [6.45, 7) is 0.451. The molecule has 1 nitrogen and oxygen atoms in total. The zero-order chi connectivity index (χ0) is 11.4. The van der Waals surface area contributed by atoms with E-state index >= 15 is 0 Å². The molecule has 0 fully saturated rings. The molecular formula is C13H11ClFN. The van der Waals surface area contributed by atoms with Crippen LogP contribution in [-0.4, -0.2) is 0 Å². The molecule has 0 saturated carbocycles. The third-order valence-electron chi connectivity index (χ3n) is 2.27. The minimum absolute atomic E-state index is 0.282. The van der Waals surface area contributed by atoms with Crippen molar-refractivity contribution in [2.24, 2.45) is 0 Å². The van der Waals surface area contributed by atoms with E-state index in [0.717, 1.165) is 5.69 Å². The summed E-state index contributed by atoms with van der Waals surface area (Å²) in [6, 6.07) is 14.4. The predicted molar refractivity (Wildman–Crippen MR) is 65.2 cm³/mol. The second-order valence-corrected chi connectivity index (χ2v) is 3.89. The molecule has 1 N–H and O–H groups in total. The number of benzene rings is 2. The molecule has 0 aliphatic heterocycles. The molecule has 82 valence electrons. The molecule has 3 heteroatoms. The van der Waals surface area contributed by atoms with Crippen molar-refractivity contribution in [3.8, 4) is 0 Å². The van der Waals surface area contributed by atoms with Crippen molar-refractivity contribution < 1.29 is 4.39 Å². The van der Waals surface area contributed by atoms with Crippen LogP contribution >= 0.6 is 11.6 Å². The third kappa shape index (κ3) is 2.74. The van der Waals surface area contributed by atoms with Crippen molar-refractivity contribution in [3.63, 3.8) is 0 Å². The van der Waals surface area contributed by atoms with E-state index < -0.39 is 0 Å². The zero-order valence-corrected chi connectivity index (χ0v) is 9.34. The second-order valence-electron chi connectivity index (χ2n) is 3.46. The van der Waals surface area contributed by atoms with Gasteiger partial charge in [-0.2, -0.15) is 0 Å². The van der Waals surface area contributed by atoms with Crippen LogP contribution in [0.1, 0.15) is 5.56 Å². The molecule has 0 aromatic heterocycles. The fraction of sp³-hybridized carbons (Fsp3) is 0.0769. The Bertz CT molecular complexity index is 471. The molecule has 0 unspecified atom stereocenters. The van der Waals surface area contributed by atoms with Crippen LogP contribution in [-0.2, 0) is 6.54 Å². The highest BCUT2D eigenvalue weighted by molar-refractivity contribution is 6.30. The summed E-state index contributed by atoms with van der Waals surface area (Å²) >= 11 is 5.67. The quantitative estimate of drug-likeness (QED) is 0.845. The first-order valence-electron chi connectivity index (χ1n) is 4.98. The van der Waals surface area contributed by atoms with Crippen molar-refractivity contribution in [2.45, 2.75) is 6.54 Å². The van der Waals surface area contributed by atoms with E-state index in [4.69, 9.17) is 11.6 Å². The van der Waals surface area contributed by atoms with Gasteiger partial charge in [0.1, 0.15) is 5.82 Å². The monoisotopic (exact) mass is 235 g/mol. The fourth-order valence-electron chi connectivity index (χ4n) is 1.42. The van der Waals surface area contributed by atoms with Crippen LogP contribution in [0.2, 0.25) is 5.02 Å². The minimum Gasteiger partial charge on any atom is -0.381 e. The largest absolute Gasteiger partial charge is 0.381 e. The predicted octanol–water partition coefficient (Wildman–Crippen LogP) is 4.09. The molecule has 0 radical (unpaired) electrons. The van der Waals surface area contributed by atoms with Crippen LogP contribution in [0.5, 0.6) is 0 Å². The Labute approximate surface area is 98.9 Å². The Morgan fingerprint density at radius 3 is 2.50 bits per heavy atom. The summed E-state index contributed by atoms with van der Waals surface area (Å²) in [4.78, 5) is 0. The number of rotatable bonds is 3. The van der Waals surface area contributed by atoms with E-state index in [-0.39, 0.29) is 5.82 Å². The first-order chi connectivity index (χ1) is 7.75. The van der Waals surface area contributed by atoms with E-state index in [1.807, 2.05) is 30.3 Å². The summed E-state index contributed by atoms with van der Waals surface area (Å²) in [5.74, 6) is -0.282. The van der Waals surface area contributed by atoms with Gasteiger partial charge in [0.15, 0.2) is 0 Å². The number of nitrogens with one attached hydrogen (secondary N) is 1. The molecule has 0 aliphatic rings. The molecule has 0 atom stereocenters. The lowest BCUT2D eigenvalue weighted by atomic mass is 10.2. The second kappa shape index (κ2) is 4.99. The molecular weight excluding hydrogens is 225 g/mol. The smallest absolute Gasteiger partial charge is 0.129 e. The molecule has 2 aromatic rings. The summed E-state index contributed by atoms with van der Waals surface area (Å²) in [7, 11) is 0. The van der Waals surface area contributed by atoms with E-state index in [0.29, 0.717) is 17.1 Å². The molecule has 0 saturated heterocycles. The van der Waals surface area contributed by atoms with Crippen molar-refractivity contribution >= 4 is 17.3 Å². The van der Waals surface area contributed by atoms with Crippen molar-refractivity contribution in [2.75, 3.05) is 5.32 Å². The van der Waals surface area contributed by atoms with Gasteiger partial charge in [-0.25, -0.2) is 4.39 Å². The van der Waals surface area contributed by atoms with Crippen LogP contribution < -0.4 is 5.32 Å². The first kappa shape index (κ1) is 11.0. The number of para-hydroxylation sites is 1. The summed E-state index contributed by atoms with van der Waals surface area (Å²) in [6.07, 6.45) is 0. The van der Waals surface area contributed by atoms with Gasteiger partial charge in [-0.1, -0.05) is 35.9 Å². The van der Waals surface area contributed by atoms with Gasteiger partial charge < -0.3 is 5.32 Å². The molecule has 2 rings (SSSR count). The van der Waals surface area contributed by atoms with E-state index in [1.54, 1.807) is 12.1 Å². The van der Waals surface area contributed by atoms with Crippen molar-refractivity contribution in [1.29, 1.82) is 0 Å². The molecule has 0 heterocycles. The maximum atomic E-state index is 13.4. The van der Waals surface area contributed by atoms with E-state index in [1.165, 1.54) is 6.07 Å². The van der Waals surface area contributed by atoms with Gasteiger partial charge in [0.25, 0.3) is 0 Å². The molecule has 2 aromatic carbocycles. The van der Waals surface area contributed by atoms with Gasteiger partial charge in [-0.15, -0.1) is 0 Å². The Hall–Kier alpha value is -1.54. The van der Waals surface area contributed by atoms with Gasteiger partial charge in [0.05, 0.1) is 0 Å². The fourth-order valence-corrected chi connectivity index (χ4v) is 1.58. The van der Waals surface area contributed by atoms with Crippen molar-refractivity contribution in [3.05, 3.63) is 64.9 Å². The normalized spacial score (nSPS) is 10.1. The summed E-state index contributed by atoms with van der Waals surface area (Å²) < 4.78 is 13.4. The van der Waals surface area contributed by atoms with Crippen LogP contribution in [0.3, 0.4) is 0 Å². The van der Waals surface area contributed by atoms with Crippen molar-refractivity contribution in [1.82, 2.24) is 0 Å². The number of anilines is 1. The maximum absolute atomic E-state index is 13.4. The van der Waals surface area contributed by atoms with Crippen LogP contribution in [0.25, 0.3) is 0 Å². The minimum atomic E-state index is -0.282. The molecule has 0 amide bonds. The van der Waals surface area contributed by atoms with Gasteiger partial charge in [-0.3, -0.25) is 0 Å². The maximum Gasteiger partial charge on any atom is 0.129 e. The Kier molecular flexibility index (Phi) is 3.42. The standard InChI is InChI=1S/C13H11ClFN/c14-11-7-6-10(13(15)8-11)9-16-12-4-2-1-3-5-12/h1-8,16H,9H2. The summed E-state index contributed by atoms with van der Waals surface area (Å²) in [5.41, 5.74) is 1.57. The number of hydrogen-bond acceptors (Lipinski definition) is 1. The Morgan fingerprint density at radius 2 is 1.81 bits per heavy atom. The molecule has 0 aliphatic carbocycles. The Morgan fingerprint density at radius 1 is 1.06 bits per heavy atom. The molecule has 16 heavy (non-hydrogen) atoms. The highest BCUT2D eigenvalue weighted by Gasteiger charge is 2.02. The zero-order valence-electron chi connectivity index (χ0n) is 8.58. The molecule has 0 spiro atoms. The Balaban J connectivity index is 2.05. The van der Waals surface area contributed by atoms with E-state index in [2.05, 4.69) is 5.32 Å². The van der Waals surface area contributed by atoms with Crippen LogP contribution in [0.4, 0.5) is 10.1 Å². The lowest BCUT2D eigenvalue weighted by molar-refractivity contribution is 0.613.